The van der Waals surface area contributed by atoms with E-state index in [1.54, 1.807) is 44.2 Å². The van der Waals surface area contributed by atoms with Crippen LogP contribution in [-0.2, 0) is 19.1 Å². The van der Waals surface area contributed by atoms with Gasteiger partial charge in [-0.15, -0.1) is 0 Å². The van der Waals surface area contributed by atoms with Gasteiger partial charge >= 0.3 is 18.1 Å². The van der Waals surface area contributed by atoms with Crippen molar-refractivity contribution in [1.82, 2.24) is 0 Å². The Bertz CT molecular complexity index is 1150. The molecule has 3 atom stereocenters. The highest BCUT2D eigenvalue weighted by Gasteiger charge is 2.61. The van der Waals surface area contributed by atoms with E-state index in [2.05, 4.69) is 4.74 Å². The normalized spacial score (nSPS) is 19.5. The number of esters is 2. The van der Waals surface area contributed by atoms with Crippen LogP contribution in [0.15, 0.2) is 60.7 Å². The molecule has 2 aromatic carbocycles. The van der Waals surface area contributed by atoms with Gasteiger partial charge in [-0.05, 0) is 35.6 Å². The van der Waals surface area contributed by atoms with Gasteiger partial charge in [-0.25, -0.2) is 9.18 Å². The second-order valence-electron chi connectivity index (χ2n) is 8.46. The smallest absolute Gasteiger partial charge is 0.422 e. The summed E-state index contributed by atoms with van der Waals surface area (Å²) in [4.78, 5) is 24.2. The summed E-state index contributed by atoms with van der Waals surface area (Å²) in [5.74, 6) is -3.65. The minimum atomic E-state index is -4.65. The van der Waals surface area contributed by atoms with Crippen LogP contribution in [0.2, 0.25) is 0 Å². The molecule has 0 radical (unpaired) electrons. The zero-order valence-electron chi connectivity index (χ0n) is 18.7. The molecule has 0 aliphatic heterocycles. The number of allylic oxidation sites excluding steroid dienone is 1. The number of nitriles is 1. The fraction of sp³-hybridized carbons (Fsp3) is 0.320. The second kappa shape index (κ2) is 10.2. The third-order valence-electron chi connectivity index (χ3n) is 5.56. The number of carbonyl (C=O) groups excluding carboxylic acids is 2. The van der Waals surface area contributed by atoms with Crippen molar-refractivity contribution in [2.24, 2.45) is 17.3 Å². The van der Waals surface area contributed by atoms with Gasteiger partial charge in [0.25, 0.3) is 0 Å². The minimum Gasteiger partial charge on any atom is -0.454 e. The summed E-state index contributed by atoms with van der Waals surface area (Å²) in [5.41, 5.74) is -0.475. The maximum absolute atomic E-state index is 14.2. The summed E-state index contributed by atoms with van der Waals surface area (Å²) in [7, 11) is 0. The number of hydrogen-bond donors (Lipinski definition) is 0. The van der Waals surface area contributed by atoms with Gasteiger partial charge in [0.05, 0.1) is 5.92 Å². The molecular formula is C25H21F4NO5. The Kier molecular flexibility index (Phi) is 7.48. The van der Waals surface area contributed by atoms with E-state index in [1.807, 2.05) is 6.07 Å². The molecule has 1 fully saturated rings. The average molecular weight is 491 g/mol. The van der Waals surface area contributed by atoms with Gasteiger partial charge in [0.15, 0.2) is 18.2 Å². The third-order valence-corrected chi connectivity index (χ3v) is 5.56. The monoisotopic (exact) mass is 491 g/mol. The highest BCUT2D eigenvalue weighted by Crippen LogP contribution is 2.59. The molecule has 10 heteroatoms. The Labute approximate surface area is 198 Å². The predicted molar refractivity (Wildman–Crippen MR) is 114 cm³/mol. The quantitative estimate of drug-likeness (QED) is 0.269. The molecule has 0 unspecified atom stereocenters. The zero-order valence-corrected chi connectivity index (χ0v) is 18.7. The van der Waals surface area contributed by atoms with Crippen molar-refractivity contribution in [2.75, 3.05) is 6.61 Å². The summed E-state index contributed by atoms with van der Waals surface area (Å²) in [6.45, 7) is 1.70. The molecule has 0 aromatic heterocycles. The summed E-state index contributed by atoms with van der Waals surface area (Å²) < 4.78 is 65.6. The fourth-order valence-electron chi connectivity index (χ4n) is 3.61. The average Bonchev–Trinajstić information content (AvgIpc) is 3.36. The molecule has 0 spiro atoms. The van der Waals surface area contributed by atoms with Gasteiger partial charge in [0.1, 0.15) is 11.8 Å². The summed E-state index contributed by atoms with van der Waals surface area (Å²) in [5, 5.41) is 9.55. The fourth-order valence-corrected chi connectivity index (χ4v) is 3.61. The van der Waals surface area contributed by atoms with E-state index < -0.39 is 53.9 Å². The molecule has 6 nitrogen and oxygen atoms in total. The Morgan fingerprint density at radius 1 is 1.17 bits per heavy atom. The first-order chi connectivity index (χ1) is 16.4. The molecule has 2 aromatic rings. The Hall–Kier alpha value is -3.87. The van der Waals surface area contributed by atoms with Gasteiger partial charge in [-0.1, -0.05) is 44.2 Å². The summed E-state index contributed by atoms with van der Waals surface area (Å²) >= 11 is 0. The molecule has 1 aliphatic rings. The molecule has 35 heavy (non-hydrogen) atoms. The number of benzene rings is 2. The molecule has 0 heterocycles. The Morgan fingerprint density at radius 2 is 1.86 bits per heavy atom. The van der Waals surface area contributed by atoms with Gasteiger partial charge in [-0.2, -0.15) is 18.4 Å². The number of alkyl halides is 3. The van der Waals surface area contributed by atoms with Gasteiger partial charge in [-0.3, -0.25) is 4.79 Å². The molecule has 3 rings (SSSR count). The number of nitrogens with zero attached hydrogens (tertiary/aromatic N) is 1. The van der Waals surface area contributed by atoms with Crippen LogP contribution >= 0.6 is 0 Å². The summed E-state index contributed by atoms with van der Waals surface area (Å²) in [6.07, 6.45) is -3.89. The molecule has 0 amide bonds. The number of rotatable bonds is 8. The van der Waals surface area contributed by atoms with Crippen LogP contribution in [0.5, 0.6) is 11.5 Å². The van der Waals surface area contributed by atoms with Crippen LogP contribution in [0.1, 0.15) is 25.5 Å². The zero-order chi connectivity index (χ0) is 25.8. The highest BCUT2D eigenvalue weighted by atomic mass is 19.4. The molecule has 184 valence electrons. The molecular weight excluding hydrogens is 470 g/mol. The maximum Gasteiger partial charge on any atom is 0.422 e. The van der Waals surface area contributed by atoms with E-state index in [0.717, 1.165) is 12.1 Å². The first kappa shape index (κ1) is 25.7. The highest BCUT2D eigenvalue weighted by molar-refractivity contribution is 5.83. The van der Waals surface area contributed by atoms with Gasteiger partial charge < -0.3 is 14.2 Å². The molecule has 1 saturated carbocycles. The number of halogens is 4. The molecule has 0 saturated heterocycles. The van der Waals surface area contributed by atoms with Crippen molar-refractivity contribution in [1.29, 1.82) is 5.26 Å². The minimum absolute atomic E-state index is 0.157. The van der Waals surface area contributed by atoms with Crippen LogP contribution in [0.25, 0.3) is 0 Å². The van der Waals surface area contributed by atoms with Crippen LogP contribution < -0.4 is 4.74 Å². The van der Waals surface area contributed by atoms with E-state index in [0.29, 0.717) is 5.75 Å². The van der Waals surface area contributed by atoms with Crippen molar-refractivity contribution in [3.8, 4) is 17.6 Å². The number of para-hydroxylation sites is 1. The van der Waals surface area contributed by atoms with Crippen LogP contribution in [-0.4, -0.2) is 24.7 Å². The van der Waals surface area contributed by atoms with Crippen molar-refractivity contribution >= 4 is 11.9 Å². The van der Waals surface area contributed by atoms with Crippen LogP contribution in [0.4, 0.5) is 17.6 Å². The lowest BCUT2D eigenvalue weighted by molar-refractivity contribution is -0.182. The maximum atomic E-state index is 14.2. The standard InChI is InChI=1S/C25H21F4NO5/c1-24(2)17(9-11-21(31)33-14-25(27,28)29)22(24)23(32)35-20(13-30)15-8-10-18(26)19(12-15)34-16-6-4-3-5-7-16/h3-12,17,20,22H,14H2,1-2H3/b11-9-/t17-,20+,22-/m0/s1. The lowest BCUT2D eigenvalue weighted by Gasteiger charge is -2.14. The van der Waals surface area contributed by atoms with E-state index in [9.17, 15) is 32.4 Å². The van der Waals surface area contributed by atoms with Crippen molar-refractivity contribution in [3.05, 3.63) is 72.1 Å². The van der Waals surface area contributed by atoms with Crippen LogP contribution in [0.3, 0.4) is 0 Å². The topological polar surface area (TPSA) is 85.6 Å². The lowest BCUT2D eigenvalue weighted by atomic mass is 10.1. The second-order valence-corrected chi connectivity index (χ2v) is 8.46. The SMILES string of the molecule is CC1(C)[C@H](C(=O)O[C@H](C#N)c2ccc(F)c(Oc3ccccc3)c2)[C@@H]1/C=C\C(=O)OCC(F)(F)F. The Morgan fingerprint density at radius 3 is 2.49 bits per heavy atom. The third kappa shape index (κ3) is 6.59. The summed E-state index contributed by atoms with van der Waals surface area (Å²) in [6, 6.07) is 13.9. The van der Waals surface area contributed by atoms with Crippen molar-refractivity contribution in [2.45, 2.75) is 26.1 Å². The first-order valence-corrected chi connectivity index (χ1v) is 10.5. The lowest BCUT2D eigenvalue weighted by Crippen LogP contribution is -2.19. The van der Waals surface area contributed by atoms with Gasteiger partial charge in [0, 0.05) is 11.6 Å². The van der Waals surface area contributed by atoms with Crippen LogP contribution in [0, 0.1) is 34.4 Å². The van der Waals surface area contributed by atoms with Gasteiger partial charge in [0.2, 0.25) is 6.10 Å². The molecule has 0 bridgehead atoms. The van der Waals surface area contributed by atoms with E-state index in [-0.39, 0.29) is 11.3 Å². The van der Waals surface area contributed by atoms with Crippen molar-refractivity contribution in [3.63, 3.8) is 0 Å². The largest absolute Gasteiger partial charge is 0.454 e. The molecule has 1 aliphatic carbocycles. The number of carbonyl (C=O) groups is 2. The predicted octanol–water partition coefficient (Wildman–Crippen LogP) is 5.66. The van der Waals surface area contributed by atoms with Crippen molar-refractivity contribution < 1.29 is 41.4 Å². The van der Waals surface area contributed by atoms with E-state index >= 15 is 0 Å². The van der Waals surface area contributed by atoms with E-state index in [1.165, 1.54) is 18.2 Å². The Balaban J connectivity index is 1.66. The molecule has 0 N–H and O–H groups in total. The number of hydrogen-bond acceptors (Lipinski definition) is 6. The number of ether oxygens (including phenoxy) is 3. The van der Waals surface area contributed by atoms with E-state index in [4.69, 9.17) is 9.47 Å². The first-order valence-electron chi connectivity index (χ1n) is 10.5.